The molecule has 0 saturated heterocycles. The van der Waals surface area contributed by atoms with Gasteiger partial charge in [-0.2, -0.15) is 0 Å². The Bertz CT molecular complexity index is 899. The van der Waals surface area contributed by atoms with Gasteiger partial charge in [-0.25, -0.2) is 9.37 Å². The molecule has 5 heteroatoms. The molecule has 0 aliphatic rings. The van der Waals surface area contributed by atoms with Crippen LogP contribution in [0, 0.1) is 12.7 Å². The average molecular weight is 325 g/mol. The molecule has 0 spiro atoms. The Hall–Kier alpha value is -2.69. The highest BCUT2D eigenvalue weighted by Gasteiger charge is 2.11. The number of benzene rings is 2. The van der Waals surface area contributed by atoms with E-state index in [1.165, 1.54) is 18.2 Å². The molecule has 0 radical (unpaired) electrons. The Balaban J connectivity index is 1.77. The van der Waals surface area contributed by atoms with Crippen LogP contribution >= 0.6 is 0 Å². The first-order chi connectivity index (χ1) is 11.5. The minimum Gasteiger partial charge on any atom is -0.348 e. The number of carbonyl (C=O) groups excluding carboxylic acids is 1. The van der Waals surface area contributed by atoms with Crippen LogP contribution in [0.3, 0.4) is 0 Å². The highest BCUT2D eigenvalue weighted by atomic mass is 19.1. The van der Waals surface area contributed by atoms with Gasteiger partial charge >= 0.3 is 0 Å². The Kier molecular flexibility index (Phi) is 4.34. The Labute approximate surface area is 140 Å². The van der Waals surface area contributed by atoms with Gasteiger partial charge in [0.05, 0.1) is 11.0 Å². The van der Waals surface area contributed by atoms with E-state index in [1.54, 1.807) is 6.07 Å². The maximum atomic E-state index is 13.2. The average Bonchev–Trinajstić information content (AvgIpc) is 2.87. The van der Waals surface area contributed by atoms with Crippen molar-refractivity contribution in [1.82, 2.24) is 14.9 Å². The molecular weight excluding hydrogens is 305 g/mol. The summed E-state index contributed by atoms with van der Waals surface area (Å²) >= 11 is 0. The highest BCUT2D eigenvalue weighted by Crippen LogP contribution is 2.21. The summed E-state index contributed by atoms with van der Waals surface area (Å²) in [5.41, 5.74) is 3.28. The predicted molar refractivity (Wildman–Crippen MR) is 92.4 cm³/mol. The summed E-state index contributed by atoms with van der Waals surface area (Å²) in [7, 11) is 0. The van der Waals surface area contributed by atoms with Crippen molar-refractivity contribution in [2.45, 2.75) is 33.4 Å². The first-order valence-electron chi connectivity index (χ1n) is 7.97. The largest absolute Gasteiger partial charge is 0.348 e. The monoisotopic (exact) mass is 325 g/mol. The molecular formula is C19H20FN3O. The third-order valence-corrected chi connectivity index (χ3v) is 3.99. The number of hydrogen-bond acceptors (Lipinski definition) is 2. The lowest BCUT2D eigenvalue weighted by Crippen LogP contribution is -2.22. The Morgan fingerprint density at radius 2 is 2.04 bits per heavy atom. The Morgan fingerprint density at radius 3 is 2.75 bits per heavy atom. The zero-order valence-electron chi connectivity index (χ0n) is 14.0. The third kappa shape index (κ3) is 3.15. The van der Waals surface area contributed by atoms with Crippen molar-refractivity contribution in [2.75, 3.05) is 0 Å². The summed E-state index contributed by atoms with van der Waals surface area (Å²) in [6.07, 6.45) is 0. The molecule has 24 heavy (non-hydrogen) atoms. The number of nitrogens with one attached hydrogen (secondary N) is 1. The smallest absolute Gasteiger partial charge is 0.251 e. The molecule has 0 unspecified atom stereocenters. The first-order valence-corrected chi connectivity index (χ1v) is 7.97. The molecule has 0 aliphatic carbocycles. The number of rotatable bonds is 4. The summed E-state index contributed by atoms with van der Waals surface area (Å²) in [5, 5.41) is 2.81. The van der Waals surface area contributed by atoms with Gasteiger partial charge in [-0.05, 0) is 56.7 Å². The van der Waals surface area contributed by atoms with Gasteiger partial charge in [-0.3, -0.25) is 4.79 Å². The minimum atomic E-state index is -0.418. The quantitative estimate of drug-likeness (QED) is 0.788. The fourth-order valence-corrected chi connectivity index (χ4v) is 2.94. The molecule has 3 aromatic rings. The van der Waals surface area contributed by atoms with Crippen LogP contribution in [-0.2, 0) is 6.54 Å². The molecule has 2 aromatic carbocycles. The van der Waals surface area contributed by atoms with E-state index in [9.17, 15) is 9.18 Å². The summed E-state index contributed by atoms with van der Waals surface area (Å²) in [6.45, 7) is 6.62. The zero-order valence-corrected chi connectivity index (χ0v) is 14.0. The van der Waals surface area contributed by atoms with E-state index >= 15 is 0 Å². The summed E-state index contributed by atoms with van der Waals surface area (Å²) in [5.74, 6) is 0.262. The van der Waals surface area contributed by atoms with Crippen molar-refractivity contribution in [3.63, 3.8) is 0 Å². The van der Waals surface area contributed by atoms with E-state index in [1.807, 2.05) is 25.1 Å². The second-order valence-corrected chi connectivity index (χ2v) is 6.14. The van der Waals surface area contributed by atoms with Crippen LogP contribution in [0.1, 0.15) is 41.6 Å². The van der Waals surface area contributed by atoms with Crippen molar-refractivity contribution in [1.29, 1.82) is 0 Å². The zero-order chi connectivity index (χ0) is 17.3. The van der Waals surface area contributed by atoms with Crippen LogP contribution in [0.4, 0.5) is 4.39 Å². The van der Waals surface area contributed by atoms with Crippen molar-refractivity contribution in [3.05, 3.63) is 65.2 Å². The van der Waals surface area contributed by atoms with Gasteiger partial charge in [-0.15, -0.1) is 0 Å². The SMILES string of the molecule is Cc1nc2cc(CNC(=O)c3cccc(F)c3)ccc2n1C(C)C. The van der Waals surface area contributed by atoms with E-state index in [0.29, 0.717) is 18.2 Å². The molecule has 1 aromatic heterocycles. The normalized spacial score (nSPS) is 11.2. The maximum absolute atomic E-state index is 13.2. The van der Waals surface area contributed by atoms with Gasteiger partial charge in [0, 0.05) is 18.2 Å². The molecule has 4 nitrogen and oxygen atoms in total. The molecule has 0 aliphatic heterocycles. The number of nitrogens with zero attached hydrogens (tertiary/aromatic N) is 2. The predicted octanol–water partition coefficient (Wildman–Crippen LogP) is 3.99. The third-order valence-electron chi connectivity index (χ3n) is 3.99. The molecule has 124 valence electrons. The number of fused-ring (bicyclic) bond motifs is 1. The number of imidazole rings is 1. The van der Waals surface area contributed by atoms with E-state index in [0.717, 1.165) is 22.4 Å². The molecule has 3 rings (SSSR count). The number of amides is 1. The van der Waals surface area contributed by atoms with E-state index in [-0.39, 0.29) is 5.91 Å². The number of carbonyl (C=O) groups is 1. The minimum absolute atomic E-state index is 0.293. The van der Waals surface area contributed by atoms with Gasteiger partial charge < -0.3 is 9.88 Å². The second-order valence-electron chi connectivity index (χ2n) is 6.14. The lowest BCUT2D eigenvalue weighted by molar-refractivity contribution is 0.0950. The lowest BCUT2D eigenvalue weighted by Gasteiger charge is -2.11. The van der Waals surface area contributed by atoms with Gasteiger partial charge in [0.2, 0.25) is 0 Å². The lowest BCUT2D eigenvalue weighted by atomic mass is 10.1. The Morgan fingerprint density at radius 1 is 1.25 bits per heavy atom. The molecule has 1 heterocycles. The summed E-state index contributed by atoms with van der Waals surface area (Å²) in [4.78, 5) is 16.7. The van der Waals surface area contributed by atoms with E-state index in [4.69, 9.17) is 0 Å². The van der Waals surface area contributed by atoms with Gasteiger partial charge in [0.1, 0.15) is 11.6 Å². The van der Waals surface area contributed by atoms with Crippen LogP contribution in [-0.4, -0.2) is 15.5 Å². The summed E-state index contributed by atoms with van der Waals surface area (Å²) < 4.78 is 15.4. The molecule has 1 amide bonds. The van der Waals surface area contributed by atoms with Gasteiger partial charge in [0.15, 0.2) is 0 Å². The topological polar surface area (TPSA) is 46.9 Å². The molecule has 0 atom stereocenters. The standard InChI is InChI=1S/C19H20FN3O/c1-12(2)23-13(3)22-17-9-14(7-8-18(17)23)11-21-19(24)15-5-4-6-16(20)10-15/h4-10,12H,11H2,1-3H3,(H,21,24). The number of halogens is 1. The molecule has 0 saturated carbocycles. The molecule has 1 N–H and O–H groups in total. The van der Waals surface area contributed by atoms with Crippen molar-refractivity contribution < 1.29 is 9.18 Å². The van der Waals surface area contributed by atoms with Crippen LogP contribution < -0.4 is 5.32 Å². The van der Waals surface area contributed by atoms with Gasteiger partial charge in [-0.1, -0.05) is 12.1 Å². The first kappa shape index (κ1) is 16.2. The van der Waals surface area contributed by atoms with Crippen molar-refractivity contribution in [2.24, 2.45) is 0 Å². The number of aromatic nitrogens is 2. The molecule has 0 fully saturated rings. The van der Waals surface area contributed by atoms with E-state index in [2.05, 4.69) is 28.7 Å². The van der Waals surface area contributed by atoms with Crippen LogP contribution in [0.2, 0.25) is 0 Å². The maximum Gasteiger partial charge on any atom is 0.251 e. The van der Waals surface area contributed by atoms with Crippen molar-refractivity contribution in [3.8, 4) is 0 Å². The fourth-order valence-electron chi connectivity index (χ4n) is 2.94. The summed E-state index contributed by atoms with van der Waals surface area (Å²) in [6, 6.07) is 12.0. The number of aryl methyl sites for hydroxylation is 1. The van der Waals surface area contributed by atoms with Crippen LogP contribution in [0.5, 0.6) is 0 Å². The molecule has 0 bridgehead atoms. The second kappa shape index (κ2) is 6.43. The van der Waals surface area contributed by atoms with Crippen LogP contribution in [0.15, 0.2) is 42.5 Å². The highest BCUT2D eigenvalue weighted by molar-refractivity contribution is 5.94. The van der Waals surface area contributed by atoms with Crippen LogP contribution in [0.25, 0.3) is 11.0 Å². The fraction of sp³-hybridized carbons (Fsp3) is 0.263. The van der Waals surface area contributed by atoms with Crippen molar-refractivity contribution >= 4 is 16.9 Å². The van der Waals surface area contributed by atoms with E-state index < -0.39 is 5.82 Å². The van der Waals surface area contributed by atoms with Gasteiger partial charge in [0.25, 0.3) is 5.91 Å². The number of hydrogen-bond donors (Lipinski definition) is 1.